The Bertz CT molecular complexity index is 1010. The van der Waals surface area contributed by atoms with E-state index in [9.17, 15) is 5.26 Å². The van der Waals surface area contributed by atoms with E-state index in [1.807, 2.05) is 30.3 Å². The first-order valence-corrected chi connectivity index (χ1v) is 9.27. The number of benzene rings is 2. The third kappa shape index (κ3) is 3.52. The van der Waals surface area contributed by atoms with Gasteiger partial charge >= 0.3 is 0 Å². The zero-order chi connectivity index (χ0) is 18.8. The Hall–Kier alpha value is -2.87. The molecule has 0 saturated carbocycles. The summed E-state index contributed by atoms with van der Waals surface area (Å²) in [6, 6.07) is 20.2. The van der Waals surface area contributed by atoms with Crippen LogP contribution >= 0.6 is 11.6 Å². The van der Waals surface area contributed by atoms with Crippen molar-refractivity contribution in [1.82, 2.24) is 9.88 Å². The lowest BCUT2D eigenvalue weighted by Gasteiger charge is -2.30. The SMILES string of the molecule is N#Cc1c(N)nc2c(c1-c1ccc(Cl)cc1)CN(Cc1ccccc1)CC2. The molecule has 5 heteroatoms. The number of pyridine rings is 1. The van der Waals surface area contributed by atoms with Crippen LogP contribution in [0.4, 0.5) is 5.82 Å². The van der Waals surface area contributed by atoms with E-state index < -0.39 is 0 Å². The molecule has 0 bridgehead atoms. The molecule has 0 aliphatic carbocycles. The lowest BCUT2D eigenvalue weighted by atomic mass is 9.91. The maximum Gasteiger partial charge on any atom is 0.142 e. The normalized spacial score (nSPS) is 13.8. The summed E-state index contributed by atoms with van der Waals surface area (Å²) in [4.78, 5) is 6.92. The number of halogens is 1. The van der Waals surface area contributed by atoms with Crippen molar-refractivity contribution in [3.05, 3.63) is 82.0 Å². The Morgan fingerprint density at radius 2 is 1.85 bits per heavy atom. The summed E-state index contributed by atoms with van der Waals surface area (Å²) in [5.74, 6) is 0.303. The average molecular weight is 375 g/mol. The van der Waals surface area contributed by atoms with Gasteiger partial charge in [0.15, 0.2) is 0 Å². The van der Waals surface area contributed by atoms with Crippen LogP contribution in [0.1, 0.15) is 22.4 Å². The molecular formula is C22H19ClN4. The van der Waals surface area contributed by atoms with Gasteiger partial charge < -0.3 is 5.73 Å². The minimum atomic E-state index is 0.303. The number of nitriles is 1. The van der Waals surface area contributed by atoms with E-state index in [0.29, 0.717) is 16.4 Å². The van der Waals surface area contributed by atoms with Crippen LogP contribution in [0.3, 0.4) is 0 Å². The predicted molar refractivity (Wildman–Crippen MR) is 108 cm³/mol. The van der Waals surface area contributed by atoms with Gasteiger partial charge in [0.2, 0.25) is 0 Å². The molecule has 134 valence electrons. The maximum absolute atomic E-state index is 9.71. The van der Waals surface area contributed by atoms with E-state index in [-0.39, 0.29) is 0 Å². The van der Waals surface area contributed by atoms with Crippen LogP contribution < -0.4 is 5.73 Å². The maximum atomic E-state index is 9.71. The van der Waals surface area contributed by atoms with E-state index in [4.69, 9.17) is 17.3 Å². The van der Waals surface area contributed by atoms with Crippen molar-refractivity contribution in [2.45, 2.75) is 19.5 Å². The highest BCUT2D eigenvalue weighted by molar-refractivity contribution is 6.30. The quantitative estimate of drug-likeness (QED) is 0.737. The zero-order valence-corrected chi connectivity index (χ0v) is 15.6. The van der Waals surface area contributed by atoms with Crippen molar-refractivity contribution in [3.8, 4) is 17.2 Å². The Balaban J connectivity index is 1.77. The van der Waals surface area contributed by atoms with Gasteiger partial charge in [-0.1, -0.05) is 54.1 Å². The van der Waals surface area contributed by atoms with Crippen molar-refractivity contribution in [2.75, 3.05) is 12.3 Å². The Morgan fingerprint density at radius 3 is 2.56 bits per heavy atom. The molecule has 0 saturated heterocycles. The summed E-state index contributed by atoms with van der Waals surface area (Å²) < 4.78 is 0. The molecule has 0 spiro atoms. The van der Waals surface area contributed by atoms with Gasteiger partial charge in [-0.25, -0.2) is 4.98 Å². The van der Waals surface area contributed by atoms with E-state index in [1.165, 1.54) is 5.56 Å². The lowest BCUT2D eigenvalue weighted by Crippen LogP contribution is -2.31. The van der Waals surface area contributed by atoms with Gasteiger partial charge in [-0.05, 0) is 28.8 Å². The van der Waals surface area contributed by atoms with Crippen molar-refractivity contribution in [1.29, 1.82) is 5.26 Å². The predicted octanol–water partition coefficient (Wildman–Crippen LogP) is 4.41. The van der Waals surface area contributed by atoms with Crippen LogP contribution in [0.5, 0.6) is 0 Å². The third-order valence-corrected chi connectivity index (χ3v) is 5.20. The largest absolute Gasteiger partial charge is 0.383 e. The molecule has 1 aromatic heterocycles. The number of nitrogen functional groups attached to an aromatic ring is 1. The van der Waals surface area contributed by atoms with E-state index in [2.05, 4.69) is 40.2 Å². The van der Waals surface area contributed by atoms with Gasteiger partial charge in [-0.2, -0.15) is 5.26 Å². The van der Waals surface area contributed by atoms with Gasteiger partial charge in [-0.3, -0.25) is 4.90 Å². The van der Waals surface area contributed by atoms with Gasteiger partial charge in [0.25, 0.3) is 0 Å². The second-order valence-electron chi connectivity index (χ2n) is 6.74. The Kier molecular flexibility index (Phi) is 4.81. The molecule has 0 radical (unpaired) electrons. The Labute approximate surface area is 163 Å². The van der Waals surface area contributed by atoms with Crippen LogP contribution in [0.25, 0.3) is 11.1 Å². The van der Waals surface area contributed by atoms with Gasteiger partial charge in [-0.15, -0.1) is 0 Å². The van der Waals surface area contributed by atoms with Crippen molar-refractivity contribution in [2.24, 2.45) is 0 Å². The topological polar surface area (TPSA) is 65.9 Å². The standard InChI is InChI=1S/C22H19ClN4/c23-17-8-6-16(7-9-17)21-18(12-24)22(25)26-20-10-11-27(14-19(20)21)13-15-4-2-1-3-5-15/h1-9H,10-11,13-14H2,(H2,25,26). The summed E-state index contributed by atoms with van der Waals surface area (Å²) >= 11 is 6.05. The van der Waals surface area contributed by atoms with E-state index in [0.717, 1.165) is 48.4 Å². The molecule has 0 atom stereocenters. The van der Waals surface area contributed by atoms with E-state index in [1.54, 1.807) is 0 Å². The molecule has 0 fully saturated rings. The number of fused-ring (bicyclic) bond motifs is 1. The monoisotopic (exact) mass is 374 g/mol. The number of hydrogen-bond donors (Lipinski definition) is 1. The van der Waals surface area contributed by atoms with Crippen molar-refractivity contribution in [3.63, 3.8) is 0 Å². The van der Waals surface area contributed by atoms with Crippen LogP contribution in [0.2, 0.25) is 5.02 Å². The van der Waals surface area contributed by atoms with Gasteiger partial charge in [0.05, 0.1) is 0 Å². The Morgan fingerprint density at radius 1 is 1.11 bits per heavy atom. The van der Waals surface area contributed by atoms with E-state index >= 15 is 0 Å². The molecule has 4 nitrogen and oxygen atoms in total. The number of rotatable bonds is 3. The number of hydrogen-bond acceptors (Lipinski definition) is 4. The summed E-state index contributed by atoms with van der Waals surface area (Å²) in [7, 11) is 0. The molecule has 4 rings (SSSR count). The fourth-order valence-electron chi connectivity index (χ4n) is 3.66. The molecule has 3 aromatic rings. The van der Waals surface area contributed by atoms with Crippen LogP contribution in [0.15, 0.2) is 54.6 Å². The molecule has 2 aromatic carbocycles. The van der Waals surface area contributed by atoms with Crippen LogP contribution in [0, 0.1) is 11.3 Å². The van der Waals surface area contributed by atoms with Crippen molar-refractivity contribution < 1.29 is 0 Å². The zero-order valence-electron chi connectivity index (χ0n) is 14.8. The van der Waals surface area contributed by atoms with Crippen molar-refractivity contribution >= 4 is 17.4 Å². The summed E-state index contributed by atoms with van der Waals surface area (Å²) in [5, 5.41) is 10.4. The molecule has 2 N–H and O–H groups in total. The second kappa shape index (κ2) is 7.40. The molecule has 1 aliphatic rings. The first-order chi connectivity index (χ1) is 13.2. The van der Waals surface area contributed by atoms with Crippen LogP contribution in [-0.4, -0.2) is 16.4 Å². The lowest BCUT2D eigenvalue weighted by molar-refractivity contribution is 0.244. The number of nitrogens with zero attached hydrogens (tertiary/aromatic N) is 3. The average Bonchev–Trinajstić information content (AvgIpc) is 2.69. The second-order valence-corrected chi connectivity index (χ2v) is 7.17. The summed E-state index contributed by atoms with van der Waals surface area (Å²) in [5.41, 5.74) is 11.7. The molecule has 2 heterocycles. The smallest absolute Gasteiger partial charge is 0.142 e. The molecule has 27 heavy (non-hydrogen) atoms. The molecule has 1 aliphatic heterocycles. The fourth-order valence-corrected chi connectivity index (χ4v) is 3.79. The summed E-state index contributed by atoms with van der Waals surface area (Å²) in [6.07, 6.45) is 0.818. The highest BCUT2D eigenvalue weighted by atomic mass is 35.5. The first-order valence-electron chi connectivity index (χ1n) is 8.89. The molecular weight excluding hydrogens is 356 g/mol. The molecule has 0 amide bonds. The fraction of sp³-hybridized carbons (Fsp3) is 0.182. The summed E-state index contributed by atoms with van der Waals surface area (Å²) in [6.45, 7) is 2.52. The van der Waals surface area contributed by atoms with Gasteiger partial charge in [0.1, 0.15) is 17.5 Å². The third-order valence-electron chi connectivity index (χ3n) is 4.95. The minimum Gasteiger partial charge on any atom is -0.383 e. The first kappa shape index (κ1) is 17.5. The highest BCUT2D eigenvalue weighted by Crippen LogP contribution is 2.35. The number of anilines is 1. The molecule has 0 unspecified atom stereocenters. The number of nitrogens with two attached hydrogens (primary N) is 1. The van der Waals surface area contributed by atoms with Gasteiger partial charge in [0, 0.05) is 42.3 Å². The highest BCUT2D eigenvalue weighted by Gasteiger charge is 2.25. The van der Waals surface area contributed by atoms with Crippen LogP contribution in [-0.2, 0) is 19.5 Å². The number of aromatic nitrogens is 1. The minimum absolute atomic E-state index is 0.303.